The summed E-state index contributed by atoms with van der Waals surface area (Å²) < 4.78 is 2.69. The molecule has 154 valence electrons. The van der Waals surface area contributed by atoms with Gasteiger partial charge in [-0.25, -0.2) is 9.67 Å². The van der Waals surface area contributed by atoms with Gasteiger partial charge in [-0.05, 0) is 43.2 Å². The third-order valence-corrected chi connectivity index (χ3v) is 5.59. The summed E-state index contributed by atoms with van der Waals surface area (Å²) in [5.74, 6) is 0.415. The first-order chi connectivity index (χ1) is 14.6. The number of carbonyl (C=O) groups is 1. The molecule has 2 heterocycles. The highest BCUT2D eigenvalue weighted by molar-refractivity contribution is 9.10. The van der Waals surface area contributed by atoms with E-state index >= 15 is 0 Å². The summed E-state index contributed by atoms with van der Waals surface area (Å²) in [6.45, 7) is 1.93. The van der Waals surface area contributed by atoms with Crippen LogP contribution in [-0.4, -0.2) is 38.1 Å². The highest BCUT2D eigenvalue weighted by Gasteiger charge is 2.39. The Bertz CT molecular complexity index is 1060. The summed E-state index contributed by atoms with van der Waals surface area (Å²) in [5.41, 5.74) is 2.36. The average Bonchev–Trinajstić information content (AvgIpc) is 3.15. The number of rotatable bonds is 6. The minimum atomic E-state index is -0.536. The lowest BCUT2D eigenvalue weighted by atomic mass is 9.87. The van der Waals surface area contributed by atoms with Gasteiger partial charge in [-0.1, -0.05) is 46.3 Å². The molecule has 8 heteroatoms. The summed E-state index contributed by atoms with van der Waals surface area (Å²) in [5, 5.41) is 16.8. The van der Waals surface area contributed by atoms with Crippen LogP contribution in [0.5, 0.6) is 0 Å². The molecular formula is C22H22BrN5O2. The van der Waals surface area contributed by atoms with E-state index in [4.69, 9.17) is 5.11 Å². The van der Waals surface area contributed by atoms with Gasteiger partial charge in [-0.15, -0.1) is 0 Å². The lowest BCUT2D eigenvalue weighted by Crippen LogP contribution is -2.39. The molecule has 2 aromatic carbocycles. The Morgan fingerprint density at radius 3 is 2.60 bits per heavy atom. The first-order valence-corrected chi connectivity index (χ1v) is 10.6. The summed E-state index contributed by atoms with van der Waals surface area (Å²) in [6.07, 6.45) is 1.13. The number of aromatic nitrogens is 3. The van der Waals surface area contributed by atoms with E-state index in [1.54, 1.807) is 4.68 Å². The predicted molar refractivity (Wildman–Crippen MR) is 119 cm³/mol. The van der Waals surface area contributed by atoms with Crippen molar-refractivity contribution in [2.24, 2.45) is 10.9 Å². The predicted octanol–water partition coefficient (Wildman–Crippen LogP) is 3.92. The fourth-order valence-corrected chi connectivity index (χ4v) is 3.89. The van der Waals surface area contributed by atoms with Crippen molar-refractivity contribution in [1.29, 1.82) is 0 Å². The number of nitrogens with zero attached hydrogens (tertiary/aromatic N) is 4. The van der Waals surface area contributed by atoms with Gasteiger partial charge in [0.05, 0.1) is 6.04 Å². The van der Waals surface area contributed by atoms with Gasteiger partial charge in [0.2, 0.25) is 11.9 Å². The van der Waals surface area contributed by atoms with Crippen molar-refractivity contribution >= 4 is 39.2 Å². The Morgan fingerprint density at radius 1 is 1.17 bits per heavy atom. The molecule has 0 bridgehead atoms. The number of nitrogens with one attached hydrogen (secondary N) is 1. The second kappa shape index (κ2) is 8.89. The number of amides is 1. The van der Waals surface area contributed by atoms with Gasteiger partial charge in [-0.2, -0.15) is 10.1 Å². The second-order valence-electron chi connectivity index (χ2n) is 7.18. The van der Waals surface area contributed by atoms with Gasteiger partial charge < -0.3 is 10.4 Å². The number of fused-ring (bicyclic) bond motifs is 1. The zero-order chi connectivity index (χ0) is 21.1. The smallest absolute Gasteiger partial charge is 0.248 e. The molecule has 0 radical (unpaired) electrons. The van der Waals surface area contributed by atoms with Crippen molar-refractivity contribution in [1.82, 2.24) is 14.8 Å². The van der Waals surface area contributed by atoms with E-state index in [0.29, 0.717) is 30.3 Å². The van der Waals surface area contributed by atoms with Crippen LogP contribution >= 0.6 is 15.9 Å². The maximum Gasteiger partial charge on any atom is 0.248 e. The van der Waals surface area contributed by atoms with E-state index in [1.807, 2.05) is 61.5 Å². The molecule has 1 amide bonds. The Hall–Kier alpha value is -2.84. The van der Waals surface area contributed by atoms with E-state index in [1.165, 1.54) is 0 Å². The molecule has 30 heavy (non-hydrogen) atoms. The molecule has 0 saturated heterocycles. The van der Waals surface area contributed by atoms with Crippen LogP contribution in [0.3, 0.4) is 0 Å². The van der Waals surface area contributed by atoms with Crippen molar-refractivity contribution < 1.29 is 9.90 Å². The molecule has 0 saturated carbocycles. The Labute approximate surface area is 183 Å². The third-order valence-electron chi connectivity index (χ3n) is 5.06. The molecule has 0 spiro atoms. The number of aryl methyl sites for hydroxylation is 1. The van der Waals surface area contributed by atoms with Crippen LogP contribution < -0.4 is 5.32 Å². The van der Waals surface area contributed by atoms with E-state index in [2.05, 4.69) is 36.3 Å². The highest BCUT2D eigenvalue weighted by Crippen LogP contribution is 2.36. The van der Waals surface area contributed by atoms with Crippen molar-refractivity contribution in [2.75, 3.05) is 11.9 Å². The fourth-order valence-electron chi connectivity index (χ4n) is 3.63. The zero-order valence-corrected chi connectivity index (χ0v) is 18.1. The lowest BCUT2D eigenvalue weighted by molar-refractivity contribution is -0.118. The highest BCUT2D eigenvalue weighted by atomic mass is 79.9. The molecule has 4 rings (SSSR count). The van der Waals surface area contributed by atoms with Gasteiger partial charge in [0.25, 0.3) is 0 Å². The number of aliphatic hydroxyl groups excluding tert-OH is 1. The van der Waals surface area contributed by atoms with E-state index < -0.39 is 5.92 Å². The third kappa shape index (κ3) is 4.20. The van der Waals surface area contributed by atoms with Crippen molar-refractivity contribution in [2.45, 2.75) is 25.8 Å². The summed E-state index contributed by atoms with van der Waals surface area (Å²) >= 11 is 3.47. The molecule has 3 aromatic rings. The van der Waals surface area contributed by atoms with Gasteiger partial charge in [0.15, 0.2) is 5.82 Å². The standard InChI is InChI=1S/C22H22BrN5O2/c1-14-19(21(30)25-17-6-3-2-4-7-17)20(15-9-11-16(23)12-10-15)28-22(24-14)26-18(27-28)8-5-13-29/h2-4,6-7,9-12,19-20,29H,5,8,13H2,1H3,(H,25,30). The molecule has 1 aromatic heterocycles. The second-order valence-corrected chi connectivity index (χ2v) is 8.10. The number of aliphatic imine (C=N–C) groups is 1. The molecular weight excluding hydrogens is 446 g/mol. The number of para-hydroxylation sites is 1. The number of aliphatic hydroxyl groups is 1. The van der Waals surface area contributed by atoms with Gasteiger partial charge in [0, 0.05) is 28.9 Å². The van der Waals surface area contributed by atoms with Crippen molar-refractivity contribution in [3.05, 3.63) is 70.5 Å². The molecule has 2 N–H and O–H groups in total. The first kappa shape index (κ1) is 20.4. The maximum absolute atomic E-state index is 13.3. The molecule has 0 fully saturated rings. The maximum atomic E-state index is 13.3. The average molecular weight is 468 g/mol. The Morgan fingerprint density at radius 2 is 1.90 bits per heavy atom. The van der Waals surface area contributed by atoms with Gasteiger partial charge in [0.1, 0.15) is 5.92 Å². The number of halogens is 1. The van der Waals surface area contributed by atoms with E-state index in [9.17, 15) is 4.79 Å². The Kier molecular flexibility index (Phi) is 6.06. The van der Waals surface area contributed by atoms with Crippen LogP contribution in [0.1, 0.15) is 30.8 Å². The van der Waals surface area contributed by atoms with Crippen molar-refractivity contribution in [3.8, 4) is 0 Å². The van der Waals surface area contributed by atoms with Gasteiger partial charge in [-0.3, -0.25) is 4.79 Å². The molecule has 7 nitrogen and oxygen atoms in total. The minimum Gasteiger partial charge on any atom is -0.396 e. The number of benzene rings is 2. The monoisotopic (exact) mass is 467 g/mol. The van der Waals surface area contributed by atoms with Crippen LogP contribution in [0.15, 0.2) is 64.1 Å². The largest absolute Gasteiger partial charge is 0.396 e. The molecule has 2 unspecified atom stereocenters. The fraction of sp³-hybridized carbons (Fsp3) is 0.273. The summed E-state index contributed by atoms with van der Waals surface area (Å²) in [4.78, 5) is 22.4. The summed E-state index contributed by atoms with van der Waals surface area (Å²) in [7, 11) is 0. The molecule has 2 atom stereocenters. The number of hydrogen-bond donors (Lipinski definition) is 2. The van der Waals surface area contributed by atoms with Crippen LogP contribution in [0, 0.1) is 5.92 Å². The molecule has 1 aliphatic rings. The minimum absolute atomic E-state index is 0.0738. The van der Waals surface area contributed by atoms with Gasteiger partial charge >= 0.3 is 0 Å². The quantitative estimate of drug-likeness (QED) is 0.574. The summed E-state index contributed by atoms with van der Waals surface area (Å²) in [6, 6.07) is 16.9. The van der Waals surface area contributed by atoms with E-state index in [0.717, 1.165) is 15.7 Å². The number of carbonyl (C=O) groups excluding carboxylic acids is 1. The zero-order valence-electron chi connectivity index (χ0n) is 16.5. The SMILES string of the molecule is CC1=Nc2nc(CCCO)nn2C(c2ccc(Br)cc2)C1C(=O)Nc1ccccc1. The van der Waals surface area contributed by atoms with Crippen LogP contribution in [-0.2, 0) is 11.2 Å². The van der Waals surface area contributed by atoms with Crippen LogP contribution in [0.2, 0.25) is 0 Å². The molecule has 1 aliphatic heterocycles. The van der Waals surface area contributed by atoms with Crippen LogP contribution in [0.25, 0.3) is 0 Å². The first-order valence-electron chi connectivity index (χ1n) is 9.79. The topological polar surface area (TPSA) is 92.4 Å². The lowest BCUT2D eigenvalue weighted by Gasteiger charge is -2.30. The van der Waals surface area contributed by atoms with Crippen molar-refractivity contribution in [3.63, 3.8) is 0 Å². The number of anilines is 1. The molecule has 0 aliphatic carbocycles. The van der Waals surface area contributed by atoms with Crippen LogP contribution in [0.4, 0.5) is 11.6 Å². The normalized spacial score (nSPS) is 17.9. The van der Waals surface area contributed by atoms with E-state index in [-0.39, 0.29) is 18.6 Å². The number of hydrogen-bond acceptors (Lipinski definition) is 5. The Balaban J connectivity index is 1.74.